The number of hydrogen-bond acceptors (Lipinski definition) is 8. The SMILES string of the molecule is COc1ccccc1C(=O)Nc1ccc(OC(=O)c2cc([N+](=O)[O-])cc(S(C)(=O)=O)c2)cc1. The molecule has 0 aliphatic carbocycles. The van der Waals surface area contributed by atoms with Crippen molar-refractivity contribution in [3.63, 3.8) is 0 Å². The van der Waals surface area contributed by atoms with Crippen molar-refractivity contribution in [3.8, 4) is 11.5 Å². The molecular formula is C22H18N2O8S. The van der Waals surface area contributed by atoms with E-state index in [0.717, 1.165) is 24.5 Å². The maximum Gasteiger partial charge on any atom is 0.343 e. The number of amides is 1. The fraction of sp³-hybridized carbons (Fsp3) is 0.0909. The highest BCUT2D eigenvalue weighted by molar-refractivity contribution is 7.90. The van der Waals surface area contributed by atoms with Gasteiger partial charge in [-0.15, -0.1) is 0 Å². The fourth-order valence-corrected chi connectivity index (χ4v) is 3.50. The Balaban J connectivity index is 1.76. The quantitative estimate of drug-likeness (QED) is 0.239. The largest absolute Gasteiger partial charge is 0.496 e. The van der Waals surface area contributed by atoms with Crippen molar-refractivity contribution in [2.45, 2.75) is 4.90 Å². The number of nitrogens with zero attached hydrogens (tertiary/aromatic N) is 1. The lowest BCUT2D eigenvalue weighted by atomic mass is 10.2. The van der Waals surface area contributed by atoms with Crippen LogP contribution in [0.3, 0.4) is 0 Å². The number of anilines is 1. The molecule has 0 fully saturated rings. The zero-order valence-corrected chi connectivity index (χ0v) is 18.3. The van der Waals surface area contributed by atoms with Gasteiger partial charge in [0.2, 0.25) is 0 Å². The Labute approximate surface area is 188 Å². The molecule has 0 aliphatic heterocycles. The highest BCUT2D eigenvalue weighted by Crippen LogP contribution is 2.24. The Kier molecular flexibility index (Phi) is 6.73. The van der Waals surface area contributed by atoms with E-state index in [1.54, 1.807) is 24.3 Å². The average Bonchev–Trinajstić information content (AvgIpc) is 2.79. The molecule has 3 aromatic carbocycles. The van der Waals surface area contributed by atoms with Gasteiger partial charge in [-0.05, 0) is 42.5 Å². The molecule has 3 rings (SSSR count). The van der Waals surface area contributed by atoms with Crippen LogP contribution in [0, 0.1) is 10.1 Å². The maximum atomic E-state index is 12.5. The third kappa shape index (κ3) is 5.71. The van der Waals surface area contributed by atoms with Gasteiger partial charge in [0.15, 0.2) is 9.84 Å². The van der Waals surface area contributed by atoms with E-state index >= 15 is 0 Å². The summed E-state index contributed by atoms with van der Waals surface area (Å²) in [6.07, 6.45) is 0.874. The van der Waals surface area contributed by atoms with Crippen LogP contribution >= 0.6 is 0 Å². The molecule has 0 bridgehead atoms. The highest BCUT2D eigenvalue weighted by Gasteiger charge is 2.20. The van der Waals surface area contributed by atoms with Gasteiger partial charge in [0.1, 0.15) is 11.5 Å². The van der Waals surface area contributed by atoms with Crippen molar-refractivity contribution >= 4 is 33.1 Å². The zero-order valence-electron chi connectivity index (χ0n) is 17.5. The molecule has 1 N–H and O–H groups in total. The van der Waals surface area contributed by atoms with E-state index in [2.05, 4.69) is 5.32 Å². The molecule has 1 amide bonds. The van der Waals surface area contributed by atoms with Crippen LogP contribution in [0.4, 0.5) is 11.4 Å². The Bertz CT molecular complexity index is 1330. The molecule has 10 nitrogen and oxygen atoms in total. The molecule has 0 aliphatic rings. The van der Waals surface area contributed by atoms with Gasteiger partial charge in [-0.2, -0.15) is 0 Å². The number of nitrogens with one attached hydrogen (secondary N) is 1. The minimum atomic E-state index is -3.79. The van der Waals surface area contributed by atoms with Crippen molar-refractivity contribution in [3.05, 3.63) is 88.0 Å². The molecule has 170 valence electrons. The summed E-state index contributed by atoms with van der Waals surface area (Å²) in [4.78, 5) is 34.8. The molecule has 0 saturated heterocycles. The predicted octanol–water partition coefficient (Wildman–Crippen LogP) is 3.48. The van der Waals surface area contributed by atoms with Crippen LogP contribution in [0.1, 0.15) is 20.7 Å². The number of benzene rings is 3. The lowest BCUT2D eigenvalue weighted by Crippen LogP contribution is -2.13. The summed E-state index contributed by atoms with van der Waals surface area (Å²) in [7, 11) is -2.34. The van der Waals surface area contributed by atoms with Crippen LogP contribution in [0.5, 0.6) is 11.5 Å². The lowest BCUT2D eigenvalue weighted by Gasteiger charge is -2.10. The second-order valence-corrected chi connectivity index (χ2v) is 8.83. The summed E-state index contributed by atoms with van der Waals surface area (Å²) < 4.78 is 33.9. The van der Waals surface area contributed by atoms with E-state index in [4.69, 9.17) is 9.47 Å². The minimum Gasteiger partial charge on any atom is -0.496 e. The maximum absolute atomic E-state index is 12.5. The van der Waals surface area contributed by atoms with Crippen molar-refractivity contribution in [1.29, 1.82) is 0 Å². The minimum absolute atomic E-state index is 0.0858. The van der Waals surface area contributed by atoms with Crippen molar-refractivity contribution in [1.82, 2.24) is 0 Å². The van der Waals surface area contributed by atoms with E-state index in [-0.39, 0.29) is 16.2 Å². The van der Waals surface area contributed by atoms with E-state index in [1.165, 1.54) is 31.4 Å². The molecule has 0 saturated carbocycles. The number of esters is 1. The number of carbonyl (C=O) groups excluding carboxylic acids is 2. The summed E-state index contributed by atoms with van der Waals surface area (Å²) in [6.45, 7) is 0. The molecule has 0 spiro atoms. The van der Waals surface area contributed by atoms with Gasteiger partial charge in [0.25, 0.3) is 11.6 Å². The summed E-state index contributed by atoms with van der Waals surface area (Å²) in [5.41, 5.74) is -0.0966. The van der Waals surface area contributed by atoms with Gasteiger partial charge in [-0.25, -0.2) is 13.2 Å². The summed E-state index contributed by atoms with van der Waals surface area (Å²) in [6, 6.07) is 15.3. The van der Waals surface area contributed by atoms with Crippen molar-refractivity contribution in [2.24, 2.45) is 0 Å². The third-order valence-electron chi connectivity index (χ3n) is 4.44. The van der Waals surface area contributed by atoms with E-state index in [1.807, 2.05) is 0 Å². The molecule has 0 heterocycles. The number of sulfone groups is 1. The van der Waals surface area contributed by atoms with E-state index in [0.29, 0.717) is 17.0 Å². The molecule has 0 unspecified atom stereocenters. The number of para-hydroxylation sites is 1. The molecule has 0 aromatic heterocycles. The lowest BCUT2D eigenvalue weighted by molar-refractivity contribution is -0.385. The van der Waals surface area contributed by atoms with Gasteiger partial charge in [-0.1, -0.05) is 12.1 Å². The first-order chi connectivity index (χ1) is 15.6. The fourth-order valence-electron chi connectivity index (χ4n) is 2.82. The number of nitro groups is 1. The zero-order chi connectivity index (χ0) is 24.2. The average molecular weight is 470 g/mol. The monoisotopic (exact) mass is 470 g/mol. The van der Waals surface area contributed by atoms with Crippen LogP contribution in [0.15, 0.2) is 71.6 Å². The van der Waals surface area contributed by atoms with Gasteiger partial charge >= 0.3 is 5.97 Å². The van der Waals surface area contributed by atoms with Crippen LogP contribution < -0.4 is 14.8 Å². The van der Waals surface area contributed by atoms with Crippen molar-refractivity contribution in [2.75, 3.05) is 18.7 Å². The first-order valence-electron chi connectivity index (χ1n) is 9.34. The summed E-state index contributed by atoms with van der Waals surface area (Å²) >= 11 is 0. The molecular weight excluding hydrogens is 452 g/mol. The predicted molar refractivity (Wildman–Crippen MR) is 119 cm³/mol. The van der Waals surface area contributed by atoms with Gasteiger partial charge in [-0.3, -0.25) is 14.9 Å². The first-order valence-corrected chi connectivity index (χ1v) is 11.2. The second-order valence-electron chi connectivity index (χ2n) is 6.81. The van der Waals surface area contributed by atoms with Crippen LogP contribution in [0.2, 0.25) is 0 Å². The number of nitro benzene ring substituents is 1. The van der Waals surface area contributed by atoms with Crippen molar-refractivity contribution < 1.29 is 32.4 Å². The normalized spacial score (nSPS) is 10.8. The summed E-state index contributed by atoms with van der Waals surface area (Å²) in [5, 5.41) is 13.8. The Morgan fingerprint density at radius 2 is 1.67 bits per heavy atom. The van der Waals surface area contributed by atoms with E-state index < -0.39 is 32.3 Å². The molecule has 0 atom stereocenters. The number of rotatable bonds is 7. The van der Waals surface area contributed by atoms with E-state index in [9.17, 15) is 28.1 Å². The van der Waals surface area contributed by atoms with Crippen LogP contribution in [-0.2, 0) is 9.84 Å². The topological polar surface area (TPSA) is 142 Å². The summed E-state index contributed by atoms with van der Waals surface area (Å²) in [5.74, 6) is -0.884. The number of non-ortho nitro benzene ring substituents is 1. The second kappa shape index (κ2) is 9.49. The Hall–Kier alpha value is -4.25. The van der Waals surface area contributed by atoms with Gasteiger partial charge in [0, 0.05) is 24.1 Å². The first kappa shape index (κ1) is 23.4. The standard InChI is InChI=1S/C22H18N2O8S/c1-31-20-6-4-3-5-19(20)21(25)23-15-7-9-17(10-8-15)32-22(26)14-11-16(24(27)28)13-18(12-14)33(2,29)30/h3-13H,1-2H3,(H,23,25). The number of ether oxygens (including phenoxy) is 2. The highest BCUT2D eigenvalue weighted by atomic mass is 32.2. The smallest absolute Gasteiger partial charge is 0.343 e. The number of carbonyl (C=O) groups is 2. The van der Waals surface area contributed by atoms with Gasteiger partial charge in [0.05, 0.1) is 28.1 Å². The molecule has 0 radical (unpaired) electrons. The number of hydrogen-bond donors (Lipinski definition) is 1. The third-order valence-corrected chi connectivity index (χ3v) is 5.53. The Morgan fingerprint density at radius 1 is 1.00 bits per heavy atom. The molecule has 3 aromatic rings. The van der Waals surface area contributed by atoms with Crippen LogP contribution in [-0.4, -0.2) is 38.6 Å². The Morgan fingerprint density at radius 3 is 2.27 bits per heavy atom. The molecule has 11 heteroatoms. The number of methoxy groups -OCH3 is 1. The van der Waals surface area contributed by atoms with Crippen LogP contribution in [0.25, 0.3) is 0 Å². The molecule has 33 heavy (non-hydrogen) atoms. The van der Waals surface area contributed by atoms with Gasteiger partial charge < -0.3 is 14.8 Å².